The predicted octanol–water partition coefficient (Wildman–Crippen LogP) is 2.85. The molecule has 0 aromatic heterocycles. The van der Waals surface area contributed by atoms with Gasteiger partial charge in [0.1, 0.15) is 5.82 Å². The quantitative estimate of drug-likeness (QED) is 0.875. The molecule has 0 spiro atoms. The molecule has 0 amide bonds. The van der Waals surface area contributed by atoms with Gasteiger partial charge in [0.2, 0.25) is 0 Å². The van der Waals surface area contributed by atoms with Crippen molar-refractivity contribution in [1.29, 1.82) is 0 Å². The van der Waals surface area contributed by atoms with E-state index in [1.54, 1.807) is 0 Å². The Kier molecular flexibility index (Phi) is 3.35. The van der Waals surface area contributed by atoms with Crippen molar-refractivity contribution in [2.24, 2.45) is 11.8 Å². The Labute approximate surface area is 114 Å². The number of benzene rings is 1. The van der Waals surface area contributed by atoms with Gasteiger partial charge in [-0.25, -0.2) is 4.39 Å². The highest BCUT2D eigenvalue weighted by Gasteiger charge is 2.57. The molecular formula is C16H22FNO. The van der Waals surface area contributed by atoms with E-state index in [1.807, 2.05) is 12.1 Å². The first-order valence-corrected chi connectivity index (χ1v) is 7.32. The summed E-state index contributed by atoms with van der Waals surface area (Å²) in [4.78, 5) is 0. The second-order valence-electron chi connectivity index (χ2n) is 6.15. The highest BCUT2D eigenvalue weighted by molar-refractivity contribution is 5.17. The fraction of sp³-hybridized carbons (Fsp3) is 0.625. The Hall–Kier alpha value is -0.930. The second kappa shape index (κ2) is 4.88. The molecule has 0 aliphatic heterocycles. The summed E-state index contributed by atoms with van der Waals surface area (Å²) >= 11 is 0. The van der Waals surface area contributed by atoms with Crippen LogP contribution in [-0.4, -0.2) is 16.7 Å². The summed E-state index contributed by atoms with van der Waals surface area (Å²) in [5.41, 5.74) is 0.701. The van der Waals surface area contributed by atoms with Crippen molar-refractivity contribution < 1.29 is 9.50 Å². The molecule has 2 saturated carbocycles. The lowest BCUT2D eigenvalue weighted by molar-refractivity contribution is -0.0782. The Balaban J connectivity index is 1.64. The van der Waals surface area contributed by atoms with Gasteiger partial charge in [-0.15, -0.1) is 0 Å². The van der Waals surface area contributed by atoms with E-state index in [4.69, 9.17) is 0 Å². The van der Waals surface area contributed by atoms with Gasteiger partial charge in [0.25, 0.3) is 0 Å². The molecule has 0 bridgehead atoms. The number of halogens is 1. The lowest BCUT2D eigenvalue weighted by atomic mass is 9.70. The van der Waals surface area contributed by atoms with Gasteiger partial charge in [0.15, 0.2) is 0 Å². The van der Waals surface area contributed by atoms with Crippen molar-refractivity contribution in [3.63, 3.8) is 0 Å². The molecule has 1 aromatic rings. The summed E-state index contributed by atoms with van der Waals surface area (Å²) < 4.78 is 12.9. The van der Waals surface area contributed by atoms with Crippen LogP contribution in [0.4, 0.5) is 4.39 Å². The molecule has 2 fully saturated rings. The zero-order chi connectivity index (χ0) is 13.5. The van der Waals surface area contributed by atoms with Gasteiger partial charge in [-0.3, -0.25) is 0 Å². The van der Waals surface area contributed by atoms with E-state index >= 15 is 0 Å². The molecule has 2 aliphatic rings. The number of nitrogens with one attached hydrogen (secondary N) is 1. The van der Waals surface area contributed by atoms with Gasteiger partial charge >= 0.3 is 0 Å². The van der Waals surface area contributed by atoms with Crippen LogP contribution >= 0.6 is 0 Å². The molecule has 3 unspecified atom stereocenters. The predicted molar refractivity (Wildman–Crippen MR) is 73.1 cm³/mol. The van der Waals surface area contributed by atoms with Gasteiger partial charge in [-0.1, -0.05) is 25.5 Å². The molecule has 0 radical (unpaired) electrons. The maximum absolute atomic E-state index is 12.9. The van der Waals surface area contributed by atoms with Crippen LogP contribution in [-0.2, 0) is 6.54 Å². The number of fused-ring (bicyclic) bond motifs is 1. The van der Waals surface area contributed by atoms with Crippen LogP contribution in [0.3, 0.4) is 0 Å². The summed E-state index contributed by atoms with van der Waals surface area (Å²) in [5.74, 6) is 0.792. The SMILES string of the molecule is CCC1CC2(O)CCC2[C@@H]1NCc1ccc(F)cc1. The summed E-state index contributed by atoms with van der Waals surface area (Å²) in [6.07, 6.45) is 4.14. The number of rotatable bonds is 4. The minimum Gasteiger partial charge on any atom is -0.390 e. The van der Waals surface area contributed by atoms with Crippen molar-refractivity contribution in [2.45, 2.75) is 50.8 Å². The molecule has 2 nitrogen and oxygen atoms in total. The zero-order valence-corrected chi connectivity index (χ0v) is 11.4. The van der Waals surface area contributed by atoms with E-state index in [0.29, 0.717) is 17.9 Å². The Morgan fingerprint density at radius 2 is 2.11 bits per heavy atom. The molecule has 4 atom stereocenters. The number of hydrogen-bond donors (Lipinski definition) is 2. The molecule has 2 N–H and O–H groups in total. The van der Waals surface area contributed by atoms with E-state index in [9.17, 15) is 9.50 Å². The van der Waals surface area contributed by atoms with E-state index in [0.717, 1.165) is 37.8 Å². The van der Waals surface area contributed by atoms with Crippen molar-refractivity contribution >= 4 is 0 Å². The highest BCUT2D eigenvalue weighted by atomic mass is 19.1. The third-order valence-electron chi connectivity index (χ3n) is 5.12. The maximum Gasteiger partial charge on any atom is 0.123 e. The standard InChI is InChI=1S/C16H22FNO/c1-2-12-9-16(19)8-7-14(16)15(12)18-10-11-3-5-13(17)6-4-11/h3-6,12,14-15,18-19H,2,7-10H2,1H3/t12?,14?,15-,16?/m1/s1. The Bertz CT molecular complexity index is 447. The first-order chi connectivity index (χ1) is 9.12. The minimum absolute atomic E-state index is 0.190. The van der Waals surface area contributed by atoms with Crippen LogP contribution < -0.4 is 5.32 Å². The average Bonchev–Trinajstić information content (AvgIpc) is 2.58. The van der Waals surface area contributed by atoms with E-state index in [-0.39, 0.29) is 5.82 Å². The molecule has 3 rings (SSSR count). The van der Waals surface area contributed by atoms with Crippen LogP contribution in [0, 0.1) is 17.7 Å². The monoisotopic (exact) mass is 263 g/mol. The Morgan fingerprint density at radius 1 is 1.37 bits per heavy atom. The van der Waals surface area contributed by atoms with Crippen LogP contribution in [0.1, 0.15) is 38.2 Å². The molecule has 0 saturated heterocycles. The summed E-state index contributed by atoms with van der Waals surface area (Å²) in [7, 11) is 0. The Morgan fingerprint density at radius 3 is 2.68 bits per heavy atom. The molecule has 3 heteroatoms. The maximum atomic E-state index is 12.9. The van der Waals surface area contributed by atoms with Crippen LogP contribution in [0.25, 0.3) is 0 Å². The van der Waals surface area contributed by atoms with Crippen LogP contribution in [0.15, 0.2) is 24.3 Å². The van der Waals surface area contributed by atoms with Crippen LogP contribution in [0.5, 0.6) is 0 Å². The molecule has 2 aliphatic carbocycles. The van der Waals surface area contributed by atoms with Crippen molar-refractivity contribution in [3.8, 4) is 0 Å². The zero-order valence-electron chi connectivity index (χ0n) is 11.4. The highest BCUT2D eigenvalue weighted by Crippen LogP contribution is 2.53. The van der Waals surface area contributed by atoms with E-state index in [1.165, 1.54) is 12.1 Å². The third-order valence-corrected chi connectivity index (χ3v) is 5.12. The molecule has 0 heterocycles. The van der Waals surface area contributed by atoms with Gasteiger partial charge in [-0.05, 0) is 42.9 Å². The third kappa shape index (κ3) is 2.30. The lowest BCUT2D eigenvalue weighted by Crippen LogP contribution is -2.50. The van der Waals surface area contributed by atoms with Gasteiger partial charge < -0.3 is 10.4 Å². The lowest BCUT2D eigenvalue weighted by Gasteiger charge is -2.42. The first-order valence-electron chi connectivity index (χ1n) is 7.32. The largest absolute Gasteiger partial charge is 0.390 e. The van der Waals surface area contributed by atoms with Crippen molar-refractivity contribution in [2.75, 3.05) is 0 Å². The fourth-order valence-corrected chi connectivity index (χ4v) is 3.87. The van der Waals surface area contributed by atoms with E-state index < -0.39 is 5.60 Å². The molecule has 19 heavy (non-hydrogen) atoms. The fourth-order valence-electron chi connectivity index (χ4n) is 3.87. The topological polar surface area (TPSA) is 32.3 Å². The molecular weight excluding hydrogens is 241 g/mol. The molecule has 104 valence electrons. The normalized spacial score (nSPS) is 36.9. The van der Waals surface area contributed by atoms with Gasteiger partial charge in [0, 0.05) is 18.5 Å². The van der Waals surface area contributed by atoms with Gasteiger partial charge in [-0.2, -0.15) is 0 Å². The van der Waals surface area contributed by atoms with Crippen molar-refractivity contribution in [3.05, 3.63) is 35.6 Å². The molecule has 1 aromatic carbocycles. The van der Waals surface area contributed by atoms with Crippen molar-refractivity contribution in [1.82, 2.24) is 5.32 Å². The number of aliphatic hydroxyl groups is 1. The van der Waals surface area contributed by atoms with Gasteiger partial charge in [0.05, 0.1) is 5.60 Å². The number of hydrogen-bond acceptors (Lipinski definition) is 2. The van der Waals surface area contributed by atoms with E-state index in [2.05, 4.69) is 12.2 Å². The smallest absolute Gasteiger partial charge is 0.123 e. The summed E-state index contributed by atoms with van der Waals surface area (Å²) in [6, 6.07) is 7.07. The summed E-state index contributed by atoms with van der Waals surface area (Å²) in [5, 5.41) is 14.1. The van der Waals surface area contributed by atoms with Crippen LogP contribution in [0.2, 0.25) is 0 Å². The first kappa shape index (κ1) is 13.1. The summed E-state index contributed by atoms with van der Waals surface area (Å²) in [6.45, 7) is 2.96. The average molecular weight is 263 g/mol. The minimum atomic E-state index is -0.402. The second-order valence-corrected chi connectivity index (χ2v) is 6.15.